The standard InChI is InChI=1S/C20H33N3O5.HI/c1-5-21-19(23-13-20(8-10-24)9-11-28-14-20)22-12-15-6-7-16(25-2)18(27-4)17(15)26-3;/h6-7,24H,5,8-14H2,1-4H3,(H2,21,22,23);1H. The highest BCUT2D eigenvalue weighted by Gasteiger charge is 2.34. The van der Waals surface area contributed by atoms with Crippen molar-refractivity contribution in [2.45, 2.75) is 26.3 Å². The van der Waals surface area contributed by atoms with Crippen LogP contribution in [0.5, 0.6) is 17.2 Å². The molecule has 29 heavy (non-hydrogen) atoms. The van der Waals surface area contributed by atoms with E-state index in [-0.39, 0.29) is 36.0 Å². The van der Waals surface area contributed by atoms with Crippen molar-refractivity contribution in [3.8, 4) is 17.2 Å². The Labute approximate surface area is 190 Å². The first-order valence-electron chi connectivity index (χ1n) is 9.61. The Morgan fingerprint density at radius 1 is 1.17 bits per heavy atom. The maximum absolute atomic E-state index is 9.40. The number of aliphatic imine (C=N–C) groups is 1. The highest BCUT2D eigenvalue weighted by molar-refractivity contribution is 14.0. The van der Waals surface area contributed by atoms with Gasteiger partial charge in [0.15, 0.2) is 17.5 Å². The lowest BCUT2D eigenvalue weighted by molar-refractivity contribution is 0.127. The zero-order chi connectivity index (χ0) is 20.4. The number of methoxy groups -OCH3 is 3. The number of benzene rings is 1. The normalized spacial score (nSPS) is 18.7. The van der Waals surface area contributed by atoms with Crippen molar-refractivity contribution in [2.75, 3.05) is 54.2 Å². The van der Waals surface area contributed by atoms with Crippen LogP contribution in [-0.2, 0) is 11.3 Å². The monoisotopic (exact) mass is 523 g/mol. The third-order valence-electron chi connectivity index (χ3n) is 5.00. The van der Waals surface area contributed by atoms with Gasteiger partial charge in [-0.05, 0) is 31.9 Å². The van der Waals surface area contributed by atoms with E-state index in [0.29, 0.717) is 49.3 Å². The SMILES string of the molecule is CCNC(=NCc1ccc(OC)c(OC)c1OC)NCC1(CCO)CCOC1.I. The number of rotatable bonds is 10. The van der Waals surface area contributed by atoms with E-state index in [4.69, 9.17) is 23.9 Å². The van der Waals surface area contributed by atoms with Gasteiger partial charge in [-0.15, -0.1) is 24.0 Å². The molecule has 0 radical (unpaired) electrons. The predicted molar refractivity (Wildman–Crippen MR) is 124 cm³/mol. The van der Waals surface area contributed by atoms with Gasteiger partial charge in [0.2, 0.25) is 5.75 Å². The van der Waals surface area contributed by atoms with Gasteiger partial charge in [-0.25, -0.2) is 4.99 Å². The Balaban J connectivity index is 0.00000420. The molecular weight excluding hydrogens is 489 g/mol. The number of aliphatic hydroxyl groups excluding tert-OH is 1. The first kappa shape index (κ1) is 25.6. The van der Waals surface area contributed by atoms with E-state index in [0.717, 1.165) is 25.1 Å². The Kier molecular flexibility index (Phi) is 11.4. The largest absolute Gasteiger partial charge is 0.493 e. The van der Waals surface area contributed by atoms with Gasteiger partial charge in [0, 0.05) is 37.3 Å². The summed E-state index contributed by atoms with van der Waals surface area (Å²) < 4.78 is 21.9. The molecule has 1 aliphatic heterocycles. The molecule has 166 valence electrons. The number of nitrogens with one attached hydrogen (secondary N) is 2. The first-order chi connectivity index (χ1) is 13.6. The predicted octanol–water partition coefficient (Wildman–Crippen LogP) is 2.17. The van der Waals surface area contributed by atoms with Crippen molar-refractivity contribution in [2.24, 2.45) is 10.4 Å². The second kappa shape index (κ2) is 13.0. The van der Waals surface area contributed by atoms with Gasteiger partial charge in [-0.3, -0.25) is 0 Å². The van der Waals surface area contributed by atoms with Crippen LogP contribution in [-0.4, -0.2) is 65.3 Å². The van der Waals surface area contributed by atoms with Crippen LogP contribution in [0.25, 0.3) is 0 Å². The molecule has 1 atom stereocenters. The molecule has 8 nitrogen and oxygen atoms in total. The van der Waals surface area contributed by atoms with Gasteiger partial charge in [0.1, 0.15) is 0 Å². The van der Waals surface area contributed by atoms with Crippen LogP contribution in [0.4, 0.5) is 0 Å². The summed E-state index contributed by atoms with van der Waals surface area (Å²) in [5.74, 6) is 2.50. The van der Waals surface area contributed by atoms with E-state index < -0.39 is 0 Å². The molecule has 1 fully saturated rings. The maximum Gasteiger partial charge on any atom is 0.203 e. The minimum absolute atomic E-state index is 0. The lowest BCUT2D eigenvalue weighted by Gasteiger charge is -2.27. The van der Waals surface area contributed by atoms with Gasteiger partial charge in [-0.1, -0.05) is 0 Å². The lowest BCUT2D eigenvalue weighted by Crippen LogP contribution is -2.44. The fourth-order valence-electron chi connectivity index (χ4n) is 3.38. The van der Waals surface area contributed by atoms with E-state index in [1.807, 2.05) is 19.1 Å². The molecule has 0 aliphatic carbocycles. The van der Waals surface area contributed by atoms with Crippen LogP contribution in [0.15, 0.2) is 17.1 Å². The smallest absolute Gasteiger partial charge is 0.203 e. The van der Waals surface area contributed by atoms with E-state index >= 15 is 0 Å². The summed E-state index contributed by atoms with van der Waals surface area (Å²) in [4.78, 5) is 4.69. The Morgan fingerprint density at radius 2 is 1.93 bits per heavy atom. The second-order valence-corrected chi connectivity index (χ2v) is 6.82. The Bertz CT molecular complexity index is 651. The van der Waals surface area contributed by atoms with Crippen molar-refractivity contribution in [1.29, 1.82) is 0 Å². The zero-order valence-electron chi connectivity index (χ0n) is 17.7. The zero-order valence-corrected chi connectivity index (χ0v) is 20.1. The van der Waals surface area contributed by atoms with Crippen LogP contribution in [0.1, 0.15) is 25.3 Å². The summed E-state index contributed by atoms with van der Waals surface area (Å²) in [5, 5.41) is 16.1. The van der Waals surface area contributed by atoms with Gasteiger partial charge in [0.05, 0.1) is 34.5 Å². The molecule has 1 aliphatic rings. The molecular formula is C20H34IN3O5. The minimum atomic E-state index is -0.0496. The van der Waals surface area contributed by atoms with Gasteiger partial charge >= 0.3 is 0 Å². The molecule has 1 unspecified atom stereocenters. The molecule has 0 bridgehead atoms. The molecule has 1 saturated heterocycles. The highest BCUT2D eigenvalue weighted by Crippen LogP contribution is 2.40. The van der Waals surface area contributed by atoms with Crippen molar-refractivity contribution in [3.05, 3.63) is 17.7 Å². The quantitative estimate of drug-likeness (QED) is 0.246. The summed E-state index contributed by atoms with van der Waals surface area (Å²) in [5.41, 5.74) is 0.845. The molecule has 3 N–H and O–H groups in total. The number of hydrogen-bond donors (Lipinski definition) is 3. The van der Waals surface area contributed by atoms with E-state index in [9.17, 15) is 5.11 Å². The van der Waals surface area contributed by atoms with Gasteiger partial charge in [-0.2, -0.15) is 0 Å². The van der Waals surface area contributed by atoms with Gasteiger partial charge < -0.3 is 34.7 Å². The van der Waals surface area contributed by atoms with Crippen molar-refractivity contribution < 1.29 is 24.1 Å². The number of guanidine groups is 1. The fraction of sp³-hybridized carbons (Fsp3) is 0.650. The van der Waals surface area contributed by atoms with E-state index in [1.165, 1.54) is 0 Å². The van der Waals surface area contributed by atoms with Crippen LogP contribution >= 0.6 is 24.0 Å². The molecule has 1 aromatic carbocycles. The third kappa shape index (κ3) is 6.78. The first-order valence-corrected chi connectivity index (χ1v) is 9.61. The van der Waals surface area contributed by atoms with Crippen molar-refractivity contribution in [3.63, 3.8) is 0 Å². The molecule has 0 amide bonds. The Morgan fingerprint density at radius 3 is 2.48 bits per heavy atom. The minimum Gasteiger partial charge on any atom is -0.493 e. The van der Waals surface area contributed by atoms with Crippen LogP contribution in [0, 0.1) is 5.41 Å². The number of hydrogen-bond acceptors (Lipinski definition) is 6. The Hall–Kier alpha value is -1.46. The number of aliphatic hydroxyl groups is 1. The molecule has 1 heterocycles. The van der Waals surface area contributed by atoms with Gasteiger partial charge in [0.25, 0.3) is 0 Å². The molecule has 0 saturated carbocycles. The van der Waals surface area contributed by atoms with E-state index in [2.05, 4.69) is 10.6 Å². The summed E-state index contributed by atoms with van der Waals surface area (Å²) in [6.07, 6.45) is 1.65. The maximum atomic E-state index is 9.40. The average molecular weight is 523 g/mol. The fourth-order valence-corrected chi connectivity index (χ4v) is 3.38. The summed E-state index contributed by atoms with van der Waals surface area (Å²) in [6.45, 7) is 5.43. The summed E-state index contributed by atoms with van der Waals surface area (Å²) in [7, 11) is 4.79. The van der Waals surface area contributed by atoms with Crippen LogP contribution < -0.4 is 24.8 Å². The molecule has 1 aromatic rings. The van der Waals surface area contributed by atoms with Crippen molar-refractivity contribution >= 4 is 29.9 Å². The summed E-state index contributed by atoms with van der Waals surface area (Å²) >= 11 is 0. The highest BCUT2D eigenvalue weighted by atomic mass is 127. The van der Waals surface area contributed by atoms with Crippen LogP contribution in [0.2, 0.25) is 0 Å². The second-order valence-electron chi connectivity index (χ2n) is 6.82. The molecule has 2 rings (SSSR count). The molecule has 0 spiro atoms. The third-order valence-corrected chi connectivity index (χ3v) is 5.00. The average Bonchev–Trinajstić information content (AvgIpc) is 3.18. The van der Waals surface area contributed by atoms with E-state index in [1.54, 1.807) is 21.3 Å². The van der Waals surface area contributed by atoms with Crippen molar-refractivity contribution in [1.82, 2.24) is 10.6 Å². The topological polar surface area (TPSA) is 93.6 Å². The molecule has 0 aromatic heterocycles. The van der Waals surface area contributed by atoms with Crippen LogP contribution in [0.3, 0.4) is 0 Å². The number of nitrogens with zero attached hydrogens (tertiary/aromatic N) is 1. The lowest BCUT2D eigenvalue weighted by atomic mass is 9.84. The summed E-state index contributed by atoms with van der Waals surface area (Å²) in [6, 6.07) is 3.77. The molecule has 9 heteroatoms. The number of ether oxygens (including phenoxy) is 4. The number of halogens is 1.